The Bertz CT molecular complexity index is 430. The van der Waals surface area contributed by atoms with Gasteiger partial charge >= 0.3 is 0 Å². The zero-order valence-electron chi connectivity index (χ0n) is 10.2. The van der Waals surface area contributed by atoms with Crippen LogP contribution in [-0.4, -0.2) is 19.2 Å². The topological polar surface area (TPSA) is 21.3 Å². The first-order chi connectivity index (χ1) is 8.74. The molecule has 0 spiro atoms. The molecule has 1 aromatic carbocycles. The maximum Gasteiger partial charge on any atom is 0.138 e. The Hall–Kier alpha value is -0.800. The molecule has 4 heteroatoms. The highest BCUT2D eigenvalue weighted by atomic mass is 35.5. The van der Waals surface area contributed by atoms with E-state index >= 15 is 0 Å². The molecule has 1 heterocycles. The highest BCUT2D eigenvalue weighted by molar-refractivity contribution is 6.32. The van der Waals surface area contributed by atoms with E-state index in [1.165, 1.54) is 25.0 Å². The molecule has 0 radical (unpaired) electrons. The fourth-order valence-electron chi connectivity index (χ4n) is 2.68. The number of halogens is 2. The Labute approximate surface area is 111 Å². The van der Waals surface area contributed by atoms with E-state index < -0.39 is 0 Å². The second-order valence-corrected chi connectivity index (χ2v) is 5.65. The van der Waals surface area contributed by atoms with Crippen LogP contribution in [0.4, 0.5) is 4.39 Å². The molecule has 1 saturated heterocycles. The molecule has 1 aliphatic heterocycles. The lowest BCUT2D eigenvalue weighted by Crippen LogP contribution is -2.30. The minimum absolute atomic E-state index is 0.225. The van der Waals surface area contributed by atoms with Crippen LogP contribution in [0.25, 0.3) is 0 Å². The van der Waals surface area contributed by atoms with E-state index in [-0.39, 0.29) is 11.9 Å². The van der Waals surface area contributed by atoms with E-state index in [9.17, 15) is 4.39 Å². The average molecular weight is 270 g/mol. The van der Waals surface area contributed by atoms with Gasteiger partial charge in [0.05, 0.1) is 5.02 Å². The Morgan fingerprint density at radius 2 is 2.11 bits per heavy atom. The van der Waals surface area contributed by atoms with Gasteiger partial charge in [-0.1, -0.05) is 11.6 Å². The summed E-state index contributed by atoms with van der Waals surface area (Å²) < 4.78 is 19.1. The zero-order valence-corrected chi connectivity index (χ0v) is 10.9. The smallest absolute Gasteiger partial charge is 0.138 e. The van der Waals surface area contributed by atoms with Gasteiger partial charge in [0, 0.05) is 12.5 Å². The predicted molar refractivity (Wildman–Crippen MR) is 69.5 cm³/mol. The maximum atomic E-state index is 13.0. The van der Waals surface area contributed by atoms with Gasteiger partial charge in [0.15, 0.2) is 0 Å². The lowest BCUT2D eigenvalue weighted by molar-refractivity contribution is 0.121. The molecule has 0 aromatic heterocycles. The highest BCUT2D eigenvalue weighted by Crippen LogP contribution is 2.40. The van der Waals surface area contributed by atoms with Crippen molar-refractivity contribution in [3.05, 3.63) is 29.0 Å². The minimum atomic E-state index is -0.321. The van der Waals surface area contributed by atoms with E-state index in [1.54, 1.807) is 6.07 Å². The van der Waals surface area contributed by atoms with Crippen LogP contribution in [0.2, 0.25) is 5.02 Å². The summed E-state index contributed by atoms with van der Waals surface area (Å²) in [6, 6.07) is 4.35. The Kier molecular flexibility index (Phi) is 3.44. The number of hydrogen-bond acceptors (Lipinski definition) is 2. The first kappa shape index (κ1) is 12.2. The summed E-state index contributed by atoms with van der Waals surface area (Å²) in [4.78, 5) is 0. The Morgan fingerprint density at radius 1 is 1.28 bits per heavy atom. The third kappa shape index (κ3) is 2.62. The molecule has 2 aliphatic rings. The summed E-state index contributed by atoms with van der Waals surface area (Å²) >= 11 is 6.02. The minimum Gasteiger partial charge on any atom is -0.488 e. The number of rotatable bonds is 4. The van der Waals surface area contributed by atoms with Gasteiger partial charge in [0.25, 0.3) is 0 Å². The van der Waals surface area contributed by atoms with Gasteiger partial charge in [0.2, 0.25) is 0 Å². The molecule has 18 heavy (non-hydrogen) atoms. The molecule has 0 amide bonds. The molecule has 2 nitrogen and oxygen atoms in total. The summed E-state index contributed by atoms with van der Waals surface area (Å²) in [5, 5.41) is 3.74. The number of nitrogens with one attached hydrogen (secondary N) is 1. The summed E-state index contributed by atoms with van der Waals surface area (Å²) in [5.74, 6) is 1.49. The van der Waals surface area contributed by atoms with Crippen molar-refractivity contribution in [1.29, 1.82) is 0 Å². The van der Waals surface area contributed by atoms with E-state index in [2.05, 4.69) is 5.32 Å². The maximum absolute atomic E-state index is 13.0. The second kappa shape index (κ2) is 5.06. The third-order valence-corrected chi connectivity index (χ3v) is 4.10. The van der Waals surface area contributed by atoms with Crippen molar-refractivity contribution in [3.63, 3.8) is 0 Å². The summed E-state index contributed by atoms with van der Waals surface area (Å²) in [7, 11) is 0. The van der Waals surface area contributed by atoms with Crippen molar-refractivity contribution in [2.45, 2.75) is 25.4 Å². The van der Waals surface area contributed by atoms with Crippen LogP contribution < -0.4 is 10.1 Å². The van der Waals surface area contributed by atoms with Gasteiger partial charge in [-0.05, 0) is 49.9 Å². The molecule has 1 unspecified atom stereocenters. The van der Waals surface area contributed by atoms with E-state index in [0.717, 1.165) is 19.5 Å². The second-order valence-electron chi connectivity index (χ2n) is 5.25. The molecule has 2 atom stereocenters. The van der Waals surface area contributed by atoms with Gasteiger partial charge in [0.1, 0.15) is 17.7 Å². The van der Waals surface area contributed by atoms with Crippen LogP contribution >= 0.6 is 11.6 Å². The third-order valence-electron chi connectivity index (χ3n) is 3.81. The normalized spacial score (nSPS) is 25.1. The van der Waals surface area contributed by atoms with E-state index in [4.69, 9.17) is 16.3 Å². The standard InChI is InChI=1S/C14H17ClFNO/c15-12-7-11(16)3-4-13(12)18-14(9-1-2-9)10-5-6-17-8-10/h3-4,7,9-10,14,17H,1-2,5-6,8H2/t10-,14?/m0/s1. The Morgan fingerprint density at radius 3 is 2.72 bits per heavy atom. The van der Waals surface area contributed by atoms with Gasteiger partial charge < -0.3 is 10.1 Å². The molecule has 0 bridgehead atoms. The SMILES string of the molecule is Fc1ccc(OC(C2CC2)[C@H]2CCNC2)c(Cl)c1. The lowest BCUT2D eigenvalue weighted by Gasteiger charge is -2.24. The summed E-state index contributed by atoms with van der Waals surface area (Å²) in [6.45, 7) is 2.08. The molecule has 98 valence electrons. The highest BCUT2D eigenvalue weighted by Gasteiger charge is 2.39. The van der Waals surface area contributed by atoms with Crippen molar-refractivity contribution >= 4 is 11.6 Å². The first-order valence-corrected chi connectivity index (χ1v) is 6.94. The van der Waals surface area contributed by atoms with Crippen LogP contribution in [0.3, 0.4) is 0 Å². The molecule has 1 saturated carbocycles. The fraction of sp³-hybridized carbons (Fsp3) is 0.571. The quantitative estimate of drug-likeness (QED) is 0.906. The van der Waals surface area contributed by atoms with Gasteiger partial charge in [-0.15, -0.1) is 0 Å². The van der Waals surface area contributed by atoms with E-state index in [1.807, 2.05) is 0 Å². The average Bonchev–Trinajstić information content (AvgIpc) is 3.03. The predicted octanol–water partition coefficient (Wildman–Crippen LogP) is 3.25. The largest absolute Gasteiger partial charge is 0.488 e. The summed E-state index contributed by atoms with van der Waals surface area (Å²) in [6.07, 6.45) is 3.85. The van der Waals surface area contributed by atoms with E-state index in [0.29, 0.717) is 22.6 Å². The van der Waals surface area contributed by atoms with Crippen molar-refractivity contribution in [3.8, 4) is 5.75 Å². The number of benzene rings is 1. The van der Waals surface area contributed by atoms with Crippen LogP contribution in [0.5, 0.6) is 5.75 Å². The van der Waals surface area contributed by atoms with Gasteiger partial charge in [-0.2, -0.15) is 0 Å². The lowest BCUT2D eigenvalue weighted by atomic mass is 9.97. The summed E-state index contributed by atoms with van der Waals surface area (Å²) in [5.41, 5.74) is 0. The van der Waals surface area contributed by atoms with Crippen LogP contribution in [0.15, 0.2) is 18.2 Å². The van der Waals surface area contributed by atoms with Crippen LogP contribution in [0.1, 0.15) is 19.3 Å². The number of hydrogen-bond donors (Lipinski definition) is 1. The zero-order chi connectivity index (χ0) is 12.5. The molecular weight excluding hydrogens is 253 g/mol. The van der Waals surface area contributed by atoms with Crippen molar-refractivity contribution in [1.82, 2.24) is 5.32 Å². The van der Waals surface area contributed by atoms with Gasteiger partial charge in [-0.25, -0.2) is 4.39 Å². The van der Waals surface area contributed by atoms with Crippen LogP contribution in [-0.2, 0) is 0 Å². The van der Waals surface area contributed by atoms with Crippen molar-refractivity contribution in [2.75, 3.05) is 13.1 Å². The monoisotopic (exact) mass is 269 g/mol. The van der Waals surface area contributed by atoms with Crippen molar-refractivity contribution < 1.29 is 9.13 Å². The van der Waals surface area contributed by atoms with Crippen molar-refractivity contribution in [2.24, 2.45) is 11.8 Å². The number of ether oxygens (including phenoxy) is 1. The molecule has 1 aromatic rings. The fourth-order valence-corrected chi connectivity index (χ4v) is 2.89. The Balaban J connectivity index is 1.75. The molecule has 1 N–H and O–H groups in total. The first-order valence-electron chi connectivity index (χ1n) is 6.56. The molecule has 1 aliphatic carbocycles. The van der Waals surface area contributed by atoms with Gasteiger partial charge in [-0.3, -0.25) is 0 Å². The van der Waals surface area contributed by atoms with Crippen LogP contribution in [0, 0.1) is 17.7 Å². The molecule has 2 fully saturated rings. The molecular formula is C14H17ClFNO. The molecule has 3 rings (SSSR count).